The Morgan fingerprint density at radius 2 is 0.793 bits per heavy atom. The Balaban J connectivity index is 0.971. The van der Waals surface area contributed by atoms with Crippen LogP contribution < -0.4 is 9.47 Å². The molecule has 0 aliphatic rings. The van der Waals surface area contributed by atoms with E-state index in [1.54, 1.807) is 36.4 Å². The molecule has 0 aliphatic carbocycles. The largest absolute Gasteiger partial charge is 0.488 e. The third-order valence-corrected chi connectivity index (χ3v) is 24.8. The standard InChI is InChI=1S/C69H72O16S7/c1-11-66(6,7)85-51-26-34-53(35-27-51)86-52-32-24-50(25-33-52)84-58-38-22-48(42-62(58)91(78,79)80)64(70)47-21-37-57(61(41-47)90(75,76)77)68(9,14-4)69(10,15-5)88-55-30-18-45(19-31-55)44-16-28-54(29-17-44)87-59-39-23-49(43-63(59)92(81,82)83)65(71)46-20-36-56(67(8,12-2)13-3)60(40-46)89(72,73)74/h16-43H,11-15H2,1-10H3,(H,72,73,74)(H,75,76,77)(H,78,79,80)(H,81,82,83). The summed E-state index contributed by atoms with van der Waals surface area (Å²) < 4.78 is 156. The second-order valence-corrected chi connectivity index (χ2v) is 32.9. The number of carbonyl (C=O) groups excluding carboxylic acids is 2. The fourth-order valence-electron chi connectivity index (χ4n) is 10.6. The van der Waals surface area contributed by atoms with Gasteiger partial charge in [-0.1, -0.05) is 121 Å². The molecule has 2 unspecified atom stereocenters. The van der Waals surface area contributed by atoms with Gasteiger partial charge < -0.3 is 9.47 Å². The van der Waals surface area contributed by atoms with Gasteiger partial charge in [0.15, 0.2) is 11.6 Å². The van der Waals surface area contributed by atoms with Crippen molar-refractivity contribution < 1.29 is 70.9 Å². The zero-order valence-electron chi connectivity index (χ0n) is 52.2. The number of carbonyl (C=O) groups is 2. The predicted molar refractivity (Wildman–Crippen MR) is 360 cm³/mol. The van der Waals surface area contributed by atoms with Gasteiger partial charge in [-0.05, 0) is 202 Å². The van der Waals surface area contributed by atoms with E-state index in [1.165, 1.54) is 72.1 Å². The van der Waals surface area contributed by atoms with Crippen molar-refractivity contribution in [2.75, 3.05) is 0 Å². The van der Waals surface area contributed by atoms with Crippen molar-refractivity contribution >= 4 is 87.3 Å². The second kappa shape index (κ2) is 27.8. The molecule has 8 rings (SSSR count). The summed E-state index contributed by atoms with van der Waals surface area (Å²) in [4.78, 5) is 29.2. The van der Waals surface area contributed by atoms with Crippen LogP contribution in [0, 0.1) is 0 Å². The first-order valence-electron chi connectivity index (χ1n) is 29.4. The van der Waals surface area contributed by atoms with Crippen LogP contribution in [0.5, 0.6) is 17.2 Å². The highest BCUT2D eigenvalue weighted by Gasteiger charge is 2.47. The Hall–Kier alpha value is -6.61. The summed E-state index contributed by atoms with van der Waals surface area (Å²) >= 11 is 4.01. The summed E-state index contributed by atoms with van der Waals surface area (Å²) in [7, 11) is -19.6. The molecule has 4 N–H and O–H groups in total. The van der Waals surface area contributed by atoms with E-state index >= 15 is 0 Å². The average molecular weight is 1380 g/mol. The molecule has 0 saturated carbocycles. The fourth-order valence-corrected chi connectivity index (χ4v) is 17.0. The number of benzene rings is 8. The topological polar surface area (TPSA) is 270 Å². The van der Waals surface area contributed by atoms with Gasteiger partial charge in [-0.15, -0.1) is 11.8 Å². The van der Waals surface area contributed by atoms with E-state index in [0.29, 0.717) is 36.1 Å². The molecule has 2 atom stereocenters. The third-order valence-electron chi connectivity index (χ3n) is 17.3. The van der Waals surface area contributed by atoms with E-state index in [0.717, 1.165) is 74.0 Å². The number of hydrogen-bond acceptors (Lipinski definition) is 15. The zero-order valence-corrected chi connectivity index (χ0v) is 58.0. The number of rotatable bonds is 27. The first-order valence-corrected chi connectivity index (χ1v) is 37.6. The molecule has 92 heavy (non-hydrogen) atoms. The number of ether oxygens (including phenoxy) is 2. The van der Waals surface area contributed by atoms with Gasteiger partial charge in [0, 0.05) is 56.9 Å². The third kappa shape index (κ3) is 16.1. The molecule has 0 fully saturated rings. The van der Waals surface area contributed by atoms with Gasteiger partial charge in [0.2, 0.25) is 0 Å². The lowest BCUT2D eigenvalue weighted by atomic mass is 9.68. The van der Waals surface area contributed by atoms with E-state index in [4.69, 9.17) is 9.47 Å². The number of hydrogen-bond donors (Lipinski definition) is 4. The average Bonchev–Trinajstić information content (AvgIpc) is 0.752. The van der Waals surface area contributed by atoms with Crippen molar-refractivity contribution in [1.29, 1.82) is 0 Å². The molecule has 16 nitrogen and oxygen atoms in total. The highest BCUT2D eigenvalue weighted by molar-refractivity contribution is 8.01. The van der Waals surface area contributed by atoms with Crippen LogP contribution in [-0.2, 0) is 51.3 Å². The molecule has 0 heterocycles. The Bertz CT molecular complexity index is 4550. The Kier molecular flexibility index (Phi) is 21.5. The van der Waals surface area contributed by atoms with Crippen molar-refractivity contribution in [3.05, 3.63) is 203 Å². The van der Waals surface area contributed by atoms with Gasteiger partial charge in [0.05, 0.1) is 9.79 Å². The molecule has 0 radical (unpaired) electrons. The summed E-state index contributed by atoms with van der Waals surface area (Å²) in [5.74, 6) is -0.813. The van der Waals surface area contributed by atoms with Crippen molar-refractivity contribution in [1.82, 2.24) is 0 Å². The van der Waals surface area contributed by atoms with Gasteiger partial charge in [0.25, 0.3) is 40.5 Å². The quantitative estimate of drug-likeness (QED) is 0.0212. The maximum Gasteiger partial charge on any atom is 0.298 e. The van der Waals surface area contributed by atoms with Gasteiger partial charge in [-0.3, -0.25) is 27.8 Å². The van der Waals surface area contributed by atoms with Crippen molar-refractivity contribution in [2.45, 2.75) is 167 Å². The molecule has 0 spiro atoms. The first-order chi connectivity index (χ1) is 43.0. The van der Waals surface area contributed by atoms with E-state index in [1.807, 2.05) is 123 Å². The molecule has 486 valence electrons. The molecule has 23 heteroatoms. The minimum Gasteiger partial charge on any atom is -0.488 e. The molecule has 0 aromatic heterocycles. The summed E-state index contributed by atoms with van der Waals surface area (Å²) in [5, 5.41) is 0. The molecular weight excluding hydrogens is 1310 g/mol. The smallest absolute Gasteiger partial charge is 0.298 e. The van der Waals surface area contributed by atoms with Crippen LogP contribution in [0.4, 0.5) is 0 Å². The highest BCUT2D eigenvalue weighted by Crippen LogP contribution is 2.53. The van der Waals surface area contributed by atoms with Gasteiger partial charge in [0.1, 0.15) is 32.6 Å². The van der Waals surface area contributed by atoms with Crippen LogP contribution in [0.25, 0.3) is 11.1 Å². The maximum absolute atomic E-state index is 14.2. The van der Waals surface area contributed by atoms with Crippen LogP contribution in [-0.4, -0.2) is 73.8 Å². The number of thioether (sulfide) groups is 1. The Morgan fingerprint density at radius 3 is 1.24 bits per heavy atom. The van der Waals surface area contributed by atoms with Crippen LogP contribution in [0.1, 0.15) is 144 Å². The van der Waals surface area contributed by atoms with Gasteiger partial charge in [-0.25, -0.2) is 0 Å². The normalized spacial score (nSPS) is 13.8. The zero-order chi connectivity index (χ0) is 67.6. The first kappa shape index (κ1) is 71.2. The van der Waals surface area contributed by atoms with E-state index in [2.05, 4.69) is 6.92 Å². The molecule has 0 aliphatic heterocycles. The Morgan fingerprint density at radius 1 is 0.402 bits per heavy atom. The SMILES string of the molecule is CCC(C)(C)Oc1ccc(Sc2ccc(Oc3ccc(C(=O)c4ccc(C(C)(CC)C(C)(CC)Sc5ccc(-c6ccc(Sc7ccc(C(=O)c8ccc(C(C)(CC)CC)c(S(=O)(=O)O)c8)cc7S(=O)(=O)O)cc6)cc5)c(S(=O)(=O)O)c4)cc3S(=O)(=O)O)cc2)cc1. The lowest BCUT2D eigenvalue weighted by Crippen LogP contribution is -2.45. The summed E-state index contributed by atoms with van der Waals surface area (Å²) in [6.45, 7) is 19.5. The van der Waals surface area contributed by atoms with Crippen molar-refractivity contribution in [3.63, 3.8) is 0 Å². The van der Waals surface area contributed by atoms with E-state index < -0.39 is 87.2 Å². The lowest BCUT2D eigenvalue weighted by molar-refractivity contribution is 0.103. The predicted octanol–water partition coefficient (Wildman–Crippen LogP) is 17.2. The minimum atomic E-state index is -5.00. The molecule has 8 aromatic carbocycles. The van der Waals surface area contributed by atoms with E-state index in [9.17, 15) is 61.5 Å². The minimum absolute atomic E-state index is 0.111. The van der Waals surface area contributed by atoms with Crippen molar-refractivity contribution in [2.24, 2.45) is 0 Å². The van der Waals surface area contributed by atoms with Crippen LogP contribution in [0.2, 0.25) is 0 Å². The second-order valence-electron chi connectivity index (χ2n) is 23.5. The van der Waals surface area contributed by atoms with Gasteiger partial charge in [-0.2, -0.15) is 33.7 Å². The number of ketones is 2. The molecular formula is C69H72O16S7. The Labute approximate surface area is 552 Å². The maximum atomic E-state index is 14.2. The van der Waals surface area contributed by atoms with Crippen molar-refractivity contribution in [3.8, 4) is 28.4 Å². The van der Waals surface area contributed by atoms with Crippen LogP contribution >= 0.6 is 35.3 Å². The van der Waals surface area contributed by atoms with E-state index in [-0.39, 0.29) is 49.8 Å². The van der Waals surface area contributed by atoms with Gasteiger partial charge >= 0.3 is 0 Å². The summed E-state index contributed by atoms with van der Waals surface area (Å²) in [5.41, 5.74) is -0.357. The molecule has 0 amide bonds. The van der Waals surface area contributed by atoms with Crippen LogP contribution in [0.15, 0.2) is 214 Å². The molecule has 8 aromatic rings. The summed E-state index contributed by atoms with van der Waals surface area (Å²) in [6, 6.07) is 44.5. The van der Waals surface area contributed by atoms with Crippen LogP contribution in [0.3, 0.4) is 0 Å². The fraction of sp³-hybridized carbons (Fsp3) is 0.275. The summed E-state index contributed by atoms with van der Waals surface area (Å²) in [6.07, 6.45) is 2.83. The monoisotopic (exact) mass is 1380 g/mol. The molecule has 0 bridgehead atoms. The molecule has 0 saturated heterocycles. The highest BCUT2D eigenvalue weighted by atomic mass is 32.2. The lowest BCUT2D eigenvalue weighted by Gasteiger charge is -2.46.